The fraction of sp³-hybridized carbons (Fsp3) is 0.800. The largest absolute Gasteiger partial charge is 0.367 e. The lowest BCUT2D eigenvalue weighted by Crippen LogP contribution is -2.44. The summed E-state index contributed by atoms with van der Waals surface area (Å²) in [5.41, 5.74) is 2.44. The molecule has 1 rings (SSSR count). The number of nitrogens with zero attached hydrogens (tertiary/aromatic N) is 2. The van der Waals surface area contributed by atoms with Crippen LogP contribution in [0.1, 0.15) is 13.8 Å². The van der Waals surface area contributed by atoms with Crippen molar-refractivity contribution in [2.75, 3.05) is 27.3 Å². The quantitative estimate of drug-likeness (QED) is 0.420. The van der Waals surface area contributed by atoms with Gasteiger partial charge < -0.3 is 14.4 Å². The van der Waals surface area contributed by atoms with Crippen LogP contribution in [0.15, 0.2) is 5.10 Å². The number of hydrazone groups is 1. The van der Waals surface area contributed by atoms with Crippen LogP contribution in [0.2, 0.25) is 0 Å². The van der Waals surface area contributed by atoms with E-state index in [9.17, 15) is 4.79 Å². The van der Waals surface area contributed by atoms with Crippen molar-refractivity contribution in [3.8, 4) is 0 Å². The molecule has 1 amide bonds. The zero-order valence-corrected chi connectivity index (χ0v) is 10.2. The number of amides is 1. The summed E-state index contributed by atoms with van der Waals surface area (Å²) >= 11 is 0. The summed E-state index contributed by atoms with van der Waals surface area (Å²) in [4.78, 5) is 13.3. The van der Waals surface area contributed by atoms with Gasteiger partial charge in [-0.25, -0.2) is 5.43 Å². The highest BCUT2D eigenvalue weighted by atomic mass is 16.7. The summed E-state index contributed by atoms with van der Waals surface area (Å²) in [6.45, 7) is 4.36. The van der Waals surface area contributed by atoms with Gasteiger partial charge in [0.25, 0.3) is 0 Å². The molecule has 1 aliphatic rings. The highest BCUT2D eigenvalue weighted by Crippen LogP contribution is 2.20. The summed E-state index contributed by atoms with van der Waals surface area (Å²) in [5, 5.41) is 3.77. The maximum atomic E-state index is 11.6. The number of carbonyl (C=O) groups is 1. The van der Waals surface area contributed by atoms with Gasteiger partial charge in [0.2, 0.25) is 5.91 Å². The Morgan fingerprint density at radius 3 is 2.50 bits per heavy atom. The van der Waals surface area contributed by atoms with E-state index >= 15 is 0 Å². The van der Waals surface area contributed by atoms with Gasteiger partial charge in [-0.1, -0.05) is 0 Å². The summed E-state index contributed by atoms with van der Waals surface area (Å²) in [7, 11) is 3.65. The molecule has 0 spiro atoms. The van der Waals surface area contributed by atoms with Crippen LogP contribution >= 0.6 is 0 Å². The zero-order valence-electron chi connectivity index (χ0n) is 10.2. The Kier molecular flexibility index (Phi) is 4.26. The highest BCUT2D eigenvalue weighted by molar-refractivity contribution is 5.79. The first-order valence-electron chi connectivity index (χ1n) is 5.18. The Morgan fingerprint density at radius 1 is 1.44 bits per heavy atom. The van der Waals surface area contributed by atoms with Crippen molar-refractivity contribution in [1.82, 2.24) is 10.3 Å². The number of carbonyl (C=O) groups excluding carboxylic acids is 1. The molecule has 0 saturated carbocycles. The van der Waals surface area contributed by atoms with Crippen molar-refractivity contribution >= 4 is 12.2 Å². The third-order valence-electron chi connectivity index (χ3n) is 2.10. The molecular weight excluding hydrogens is 210 g/mol. The van der Waals surface area contributed by atoms with E-state index in [0.717, 1.165) is 0 Å². The van der Waals surface area contributed by atoms with E-state index in [1.165, 1.54) is 6.34 Å². The molecular formula is C10H19N3O3. The number of ether oxygens (including phenoxy) is 2. The molecule has 0 atom stereocenters. The molecule has 0 aromatic heterocycles. The number of hydrogen-bond acceptors (Lipinski definition) is 4. The summed E-state index contributed by atoms with van der Waals surface area (Å²) in [6, 6.07) is 0. The van der Waals surface area contributed by atoms with Gasteiger partial charge >= 0.3 is 0 Å². The van der Waals surface area contributed by atoms with Crippen LogP contribution in [0.5, 0.6) is 0 Å². The fourth-order valence-electron chi connectivity index (χ4n) is 1.14. The molecule has 6 heteroatoms. The van der Waals surface area contributed by atoms with Gasteiger partial charge in [0, 0.05) is 14.1 Å². The minimum absolute atomic E-state index is 0.186. The maximum Gasteiger partial charge on any atom is 0.247 e. The first kappa shape index (κ1) is 12.9. The van der Waals surface area contributed by atoms with Gasteiger partial charge in [0.05, 0.1) is 19.1 Å². The van der Waals surface area contributed by atoms with Gasteiger partial charge in [-0.2, -0.15) is 5.10 Å². The minimum Gasteiger partial charge on any atom is -0.367 e. The van der Waals surface area contributed by atoms with Crippen LogP contribution < -0.4 is 5.43 Å². The Hall–Kier alpha value is -1.14. The van der Waals surface area contributed by atoms with Crippen LogP contribution in [0.3, 0.4) is 0 Å². The SMILES string of the molecule is CN(C)C=NNC(=O)C1COC(C)(C)OC1. The topological polar surface area (TPSA) is 63.2 Å². The molecule has 1 aliphatic heterocycles. The zero-order chi connectivity index (χ0) is 12.2. The third kappa shape index (κ3) is 4.16. The summed E-state index contributed by atoms with van der Waals surface area (Å²) in [6.07, 6.45) is 1.52. The summed E-state index contributed by atoms with van der Waals surface area (Å²) < 4.78 is 10.8. The van der Waals surface area contributed by atoms with Gasteiger partial charge in [-0.05, 0) is 13.8 Å². The first-order chi connectivity index (χ1) is 7.41. The van der Waals surface area contributed by atoms with Gasteiger partial charge in [-0.3, -0.25) is 4.79 Å². The van der Waals surface area contributed by atoms with Gasteiger partial charge in [0.15, 0.2) is 5.79 Å². The molecule has 0 aromatic carbocycles. The van der Waals surface area contributed by atoms with Crippen molar-refractivity contribution in [1.29, 1.82) is 0 Å². The molecule has 0 bridgehead atoms. The van der Waals surface area contributed by atoms with Crippen LogP contribution in [-0.2, 0) is 14.3 Å². The van der Waals surface area contributed by atoms with E-state index in [1.54, 1.807) is 4.90 Å². The molecule has 0 aromatic rings. The molecule has 1 saturated heterocycles. The van der Waals surface area contributed by atoms with Crippen molar-refractivity contribution < 1.29 is 14.3 Å². The normalized spacial score (nSPS) is 21.0. The smallest absolute Gasteiger partial charge is 0.247 e. The number of nitrogens with one attached hydrogen (secondary N) is 1. The average Bonchev–Trinajstić information content (AvgIpc) is 2.16. The lowest BCUT2D eigenvalue weighted by Gasteiger charge is -2.33. The van der Waals surface area contributed by atoms with E-state index in [4.69, 9.17) is 9.47 Å². The highest BCUT2D eigenvalue weighted by Gasteiger charge is 2.31. The maximum absolute atomic E-state index is 11.6. The first-order valence-corrected chi connectivity index (χ1v) is 5.18. The molecule has 1 heterocycles. The second-order valence-electron chi connectivity index (χ2n) is 4.40. The molecule has 0 radical (unpaired) electrons. The molecule has 1 N–H and O–H groups in total. The predicted octanol–water partition coefficient (Wildman–Crippen LogP) is 0.00660. The van der Waals surface area contributed by atoms with Gasteiger partial charge in [0.1, 0.15) is 6.34 Å². The Morgan fingerprint density at radius 2 is 2.00 bits per heavy atom. The van der Waals surface area contributed by atoms with Crippen molar-refractivity contribution in [2.24, 2.45) is 11.0 Å². The molecule has 0 unspecified atom stereocenters. The van der Waals surface area contributed by atoms with E-state index in [2.05, 4.69) is 10.5 Å². The Balaban J connectivity index is 2.34. The molecule has 0 aliphatic carbocycles. The van der Waals surface area contributed by atoms with Crippen LogP contribution in [0.4, 0.5) is 0 Å². The lowest BCUT2D eigenvalue weighted by atomic mass is 10.1. The standard InChI is InChI=1S/C10H19N3O3/c1-10(2)15-5-8(6-16-10)9(14)12-11-7-13(3)4/h7-8H,5-6H2,1-4H3,(H,12,14). The number of rotatable bonds is 3. The van der Waals surface area contributed by atoms with Crippen molar-refractivity contribution in [2.45, 2.75) is 19.6 Å². The average molecular weight is 229 g/mol. The van der Waals surface area contributed by atoms with E-state index in [0.29, 0.717) is 13.2 Å². The van der Waals surface area contributed by atoms with Crippen molar-refractivity contribution in [3.05, 3.63) is 0 Å². The van der Waals surface area contributed by atoms with Crippen LogP contribution in [0, 0.1) is 5.92 Å². The van der Waals surface area contributed by atoms with E-state index < -0.39 is 5.79 Å². The van der Waals surface area contributed by atoms with E-state index in [1.807, 2.05) is 27.9 Å². The third-order valence-corrected chi connectivity index (χ3v) is 2.10. The molecule has 1 fully saturated rings. The second-order valence-corrected chi connectivity index (χ2v) is 4.40. The molecule has 16 heavy (non-hydrogen) atoms. The predicted molar refractivity (Wildman–Crippen MR) is 59.8 cm³/mol. The van der Waals surface area contributed by atoms with Crippen LogP contribution in [-0.4, -0.2) is 50.2 Å². The minimum atomic E-state index is -0.594. The van der Waals surface area contributed by atoms with Crippen LogP contribution in [0.25, 0.3) is 0 Å². The Labute approximate surface area is 95.6 Å². The number of hydrogen-bond donors (Lipinski definition) is 1. The fourth-order valence-corrected chi connectivity index (χ4v) is 1.14. The summed E-state index contributed by atoms with van der Waals surface area (Å²) in [5.74, 6) is -1.08. The van der Waals surface area contributed by atoms with Crippen molar-refractivity contribution in [3.63, 3.8) is 0 Å². The second kappa shape index (κ2) is 5.27. The van der Waals surface area contributed by atoms with E-state index in [-0.39, 0.29) is 11.8 Å². The lowest BCUT2D eigenvalue weighted by molar-refractivity contribution is -0.259. The molecule has 92 valence electrons. The Bertz CT molecular complexity index is 266. The van der Waals surface area contributed by atoms with Gasteiger partial charge in [-0.15, -0.1) is 0 Å². The molecule has 6 nitrogen and oxygen atoms in total. The monoisotopic (exact) mass is 229 g/mol.